The molecule has 2 rings (SSSR count). The van der Waals surface area contributed by atoms with E-state index in [1.807, 2.05) is 44.2 Å². The first-order chi connectivity index (χ1) is 12.5. The summed E-state index contributed by atoms with van der Waals surface area (Å²) in [5, 5.41) is 6.69. The van der Waals surface area contributed by atoms with E-state index in [1.54, 1.807) is 26.2 Å². The van der Waals surface area contributed by atoms with Gasteiger partial charge in [-0.05, 0) is 56.7 Å². The monoisotopic (exact) mass is 356 g/mol. The highest BCUT2D eigenvalue weighted by atomic mass is 16.6. The summed E-state index contributed by atoms with van der Waals surface area (Å²) >= 11 is 0. The molecular formula is C20H24N2O4. The van der Waals surface area contributed by atoms with E-state index in [2.05, 4.69) is 10.5 Å². The molecule has 0 heterocycles. The zero-order valence-electron chi connectivity index (χ0n) is 15.5. The van der Waals surface area contributed by atoms with Crippen LogP contribution in [-0.2, 0) is 9.63 Å². The van der Waals surface area contributed by atoms with Crippen molar-refractivity contribution in [3.63, 3.8) is 0 Å². The van der Waals surface area contributed by atoms with Crippen molar-refractivity contribution in [2.75, 3.05) is 19.0 Å². The average molecular weight is 356 g/mol. The van der Waals surface area contributed by atoms with E-state index >= 15 is 0 Å². The van der Waals surface area contributed by atoms with Gasteiger partial charge < -0.3 is 19.6 Å². The fourth-order valence-electron chi connectivity index (χ4n) is 2.24. The zero-order chi connectivity index (χ0) is 18.9. The molecule has 0 saturated carbocycles. The Morgan fingerprint density at radius 3 is 2.73 bits per heavy atom. The summed E-state index contributed by atoms with van der Waals surface area (Å²) in [6.07, 6.45) is 0.797. The van der Waals surface area contributed by atoms with Gasteiger partial charge in [0.15, 0.2) is 11.5 Å². The third kappa shape index (κ3) is 5.51. The van der Waals surface area contributed by atoms with Crippen LogP contribution in [0.4, 0.5) is 5.69 Å². The molecule has 0 radical (unpaired) electrons. The van der Waals surface area contributed by atoms with Crippen LogP contribution in [-0.4, -0.2) is 31.9 Å². The second-order valence-electron chi connectivity index (χ2n) is 5.68. The van der Waals surface area contributed by atoms with Crippen LogP contribution in [0.5, 0.6) is 11.5 Å². The third-order valence-corrected chi connectivity index (χ3v) is 3.56. The molecular weight excluding hydrogens is 332 g/mol. The number of anilines is 1. The molecule has 1 atom stereocenters. The van der Waals surface area contributed by atoms with Gasteiger partial charge in [0.05, 0.1) is 19.9 Å². The standard InChI is InChI=1S/C20H24N2O4/c1-5-25-18-10-9-16(12-19(18)24-4)13-21-26-15(3)20(23)22-17-8-6-7-14(2)11-17/h6-13,15H,5H2,1-4H3,(H,22,23)/b21-13+. The lowest BCUT2D eigenvalue weighted by Crippen LogP contribution is -2.26. The van der Waals surface area contributed by atoms with Gasteiger partial charge in [0.1, 0.15) is 0 Å². The first-order valence-electron chi connectivity index (χ1n) is 8.41. The first-order valence-corrected chi connectivity index (χ1v) is 8.41. The van der Waals surface area contributed by atoms with Crippen LogP contribution in [0.1, 0.15) is 25.0 Å². The Bertz CT molecular complexity index is 774. The smallest absolute Gasteiger partial charge is 0.267 e. The van der Waals surface area contributed by atoms with Crippen LogP contribution in [0.15, 0.2) is 47.6 Å². The summed E-state index contributed by atoms with van der Waals surface area (Å²) in [4.78, 5) is 17.4. The molecule has 26 heavy (non-hydrogen) atoms. The number of nitrogens with one attached hydrogen (secondary N) is 1. The van der Waals surface area contributed by atoms with Gasteiger partial charge >= 0.3 is 0 Å². The maximum absolute atomic E-state index is 12.1. The minimum Gasteiger partial charge on any atom is -0.493 e. The molecule has 0 saturated heterocycles. The minimum atomic E-state index is -0.726. The molecule has 0 aliphatic carbocycles. The van der Waals surface area contributed by atoms with Gasteiger partial charge in [0.2, 0.25) is 6.10 Å². The molecule has 6 heteroatoms. The Balaban J connectivity index is 1.93. The number of rotatable bonds is 8. The van der Waals surface area contributed by atoms with Gasteiger partial charge in [0, 0.05) is 11.3 Å². The van der Waals surface area contributed by atoms with E-state index in [9.17, 15) is 4.79 Å². The largest absolute Gasteiger partial charge is 0.493 e. The van der Waals surface area contributed by atoms with Crippen LogP contribution in [0.25, 0.3) is 0 Å². The SMILES string of the molecule is CCOc1ccc(/C=N/OC(C)C(=O)Nc2cccc(C)c2)cc1OC. The Hall–Kier alpha value is -3.02. The number of ether oxygens (including phenoxy) is 2. The summed E-state index contributed by atoms with van der Waals surface area (Å²) in [5.74, 6) is 1.01. The Kier molecular flexibility index (Phi) is 7.02. The highest BCUT2D eigenvalue weighted by molar-refractivity contribution is 5.94. The van der Waals surface area contributed by atoms with Crippen molar-refractivity contribution in [2.45, 2.75) is 26.9 Å². The van der Waals surface area contributed by atoms with Crippen molar-refractivity contribution in [2.24, 2.45) is 5.16 Å². The molecule has 0 aromatic heterocycles. The number of oxime groups is 1. The van der Waals surface area contributed by atoms with Gasteiger partial charge in [-0.3, -0.25) is 4.79 Å². The topological polar surface area (TPSA) is 69.2 Å². The predicted molar refractivity (Wildman–Crippen MR) is 102 cm³/mol. The van der Waals surface area contributed by atoms with Crippen molar-refractivity contribution in [3.8, 4) is 11.5 Å². The number of hydrogen-bond donors (Lipinski definition) is 1. The quantitative estimate of drug-likeness (QED) is 0.577. The summed E-state index contributed by atoms with van der Waals surface area (Å²) in [5.41, 5.74) is 2.57. The van der Waals surface area contributed by atoms with E-state index < -0.39 is 6.10 Å². The van der Waals surface area contributed by atoms with E-state index in [0.29, 0.717) is 18.1 Å². The minimum absolute atomic E-state index is 0.267. The number of carbonyl (C=O) groups is 1. The van der Waals surface area contributed by atoms with Crippen LogP contribution >= 0.6 is 0 Å². The number of nitrogens with zero attached hydrogens (tertiary/aromatic N) is 1. The van der Waals surface area contributed by atoms with Gasteiger partial charge in [0.25, 0.3) is 5.91 Å². The molecule has 138 valence electrons. The van der Waals surface area contributed by atoms with Crippen LogP contribution < -0.4 is 14.8 Å². The normalized spacial score (nSPS) is 11.8. The van der Waals surface area contributed by atoms with Crippen LogP contribution in [0.2, 0.25) is 0 Å². The predicted octanol–water partition coefficient (Wildman–Crippen LogP) is 3.78. The Labute approximate surface area is 153 Å². The Morgan fingerprint density at radius 1 is 1.23 bits per heavy atom. The molecule has 2 aromatic rings. The number of methoxy groups -OCH3 is 1. The molecule has 1 unspecified atom stereocenters. The molecule has 2 aromatic carbocycles. The van der Waals surface area contributed by atoms with Crippen molar-refractivity contribution >= 4 is 17.8 Å². The highest BCUT2D eigenvalue weighted by Gasteiger charge is 2.14. The molecule has 0 aliphatic rings. The maximum atomic E-state index is 12.1. The summed E-state index contributed by atoms with van der Waals surface area (Å²) in [6.45, 7) is 6.07. The van der Waals surface area contributed by atoms with E-state index in [1.165, 1.54) is 6.21 Å². The molecule has 0 bridgehead atoms. The number of benzene rings is 2. The summed E-state index contributed by atoms with van der Waals surface area (Å²) in [7, 11) is 1.58. The summed E-state index contributed by atoms with van der Waals surface area (Å²) in [6, 6.07) is 13.0. The lowest BCUT2D eigenvalue weighted by atomic mass is 10.2. The van der Waals surface area contributed by atoms with E-state index in [-0.39, 0.29) is 5.91 Å². The molecule has 0 aliphatic heterocycles. The highest BCUT2D eigenvalue weighted by Crippen LogP contribution is 2.27. The molecule has 1 N–H and O–H groups in total. The van der Waals surface area contributed by atoms with Gasteiger partial charge in [-0.2, -0.15) is 0 Å². The number of aryl methyl sites for hydroxylation is 1. The lowest BCUT2D eigenvalue weighted by molar-refractivity contribution is -0.126. The van der Waals surface area contributed by atoms with E-state index in [4.69, 9.17) is 14.3 Å². The molecule has 0 spiro atoms. The zero-order valence-corrected chi connectivity index (χ0v) is 15.5. The fraction of sp³-hybridized carbons (Fsp3) is 0.300. The number of amides is 1. The van der Waals surface area contributed by atoms with Gasteiger partial charge in [-0.25, -0.2) is 0 Å². The fourth-order valence-corrected chi connectivity index (χ4v) is 2.24. The van der Waals surface area contributed by atoms with Crippen LogP contribution in [0, 0.1) is 6.92 Å². The number of hydrogen-bond acceptors (Lipinski definition) is 5. The Morgan fingerprint density at radius 2 is 2.04 bits per heavy atom. The van der Waals surface area contributed by atoms with Crippen LogP contribution in [0.3, 0.4) is 0 Å². The van der Waals surface area contributed by atoms with Crippen molar-refractivity contribution in [1.29, 1.82) is 0 Å². The van der Waals surface area contributed by atoms with Crippen molar-refractivity contribution in [3.05, 3.63) is 53.6 Å². The molecule has 6 nitrogen and oxygen atoms in total. The van der Waals surface area contributed by atoms with Crippen molar-refractivity contribution < 1.29 is 19.1 Å². The summed E-state index contributed by atoms with van der Waals surface area (Å²) < 4.78 is 10.8. The van der Waals surface area contributed by atoms with Crippen molar-refractivity contribution in [1.82, 2.24) is 0 Å². The maximum Gasteiger partial charge on any atom is 0.267 e. The first kappa shape index (κ1) is 19.3. The molecule has 1 amide bonds. The number of carbonyl (C=O) groups excluding carboxylic acids is 1. The second-order valence-corrected chi connectivity index (χ2v) is 5.68. The average Bonchev–Trinajstić information content (AvgIpc) is 2.62. The van der Waals surface area contributed by atoms with E-state index in [0.717, 1.165) is 16.8 Å². The molecule has 0 fully saturated rings. The third-order valence-electron chi connectivity index (χ3n) is 3.56. The van der Waals surface area contributed by atoms with Gasteiger partial charge in [-0.15, -0.1) is 0 Å². The lowest BCUT2D eigenvalue weighted by Gasteiger charge is -2.11. The second kappa shape index (κ2) is 9.46. The van der Waals surface area contributed by atoms with Gasteiger partial charge in [-0.1, -0.05) is 17.3 Å².